The molecule has 10 heteroatoms. The SMILES string of the molecule is CN(C)S(=O)(=O)c1ccc(Cn2cc(NC(=O)c3noc4c3CC(c3ccccc3)CC4)cn2)cc1. The van der Waals surface area contributed by atoms with E-state index in [-0.39, 0.29) is 10.8 Å². The molecule has 2 aromatic carbocycles. The number of rotatable bonds is 7. The second-order valence-corrected chi connectivity index (χ2v) is 11.2. The first-order chi connectivity index (χ1) is 17.3. The molecular formula is C26H27N5O4S. The molecule has 0 aliphatic heterocycles. The van der Waals surface area contributed by atoms with Gasteiger partial charge in [0.25, 0.3) is 5.91 Å². The van der Waals surface area contributed by atoms with Crippen LogP contribution in [0, 0.1) is 0 Å². The molecule has 1 N–H and O–H groups in total. The summed E-state index contributed by atoms with van der Waals surface area (Å²) in [7, 11) is -0.475. The van der Waals surface area contributed by atoms with E-state index in [4.69, 9.17) is 4.52 Å². The number of hydrogen-bond acceptors (Lipinski definition) is 6. The number of nitrogens with one attached hydrogen (secondary N) is 1. The summed E-state index contributed by atoms with van der Waals surface area (Å²) in [5, 5.41) is 11.3. The summed E-state index contributed by atoms with van der Waals surface area (Å²) < 4.78 is 32.8. The van der Waals surface area contributed by atoms with Gasteiger partial charge in [-0.2, -0.15) is 5.10 Å². The van der Waals surface area contributed by atoms with Gasteiger partial charge in [0.05, 0.1) is 23.3 Å². The zero-order valence-corrected chi connectivity index (χ0v) is 20.9. The van der Waals surface area contributed by atoms with Crippen LogP contribution in [0.2, 0.25) is 0 Å². The number of aryl methyl sites for hydroxylation is 1. The summed E-state index contributed by atoms with van der Waals surface area (Å²) in [6.45, 7) is 0.427. The normalized spacial score (nSPS) is 15.6. The molecule has 4 aromatic rings. The molecule has 5 rings (SSSR count). The van der Waals surface area contributed by atoms with E-state index in [1.807, 2.05) is 18.2 Å². The van der Waals surface area contributed by atoms with Gasteiger partial charge in [0.15, 0.2) is 5.69 Å². The van der Waals surface area contributed by atoms with Crippen molar-refractivity contribution in [2.75, 3.05) is 19.4 Å². The van der Waals surface area contributed by atoms with Crippen molar-refractivity contribution in [1.82, 2.24) is 19.2 Å². The predicted molar refractivity (Wildman–Crippen MR) is 134 cm³/mol. The van der Waals surface area contributed by atoms with Gasteiger partial charge in [-0.1, -0.05) is 47.6 Å². The summed E-state index contributed by atoms with van der Waals surface area (Å²) >= 11 is 0. The minimum atomic E-state index is -3.47. The van der Waals surface area contributed by atoms with Gasteiger partial charge in [0.2, 0.25) is 10.0 Å². The van der Waals surface area contributed by atoms with Crippen LogP contribution in [0.5, 0.6) is 0 Å². The van der Waals surface area contributed by atoms with Crippen molar-refractivity contribution in [2.45, 2.75) is 36.6 Å². The lowest BCUT2D eigenvalue weighted by Gasteiger charge is -2.21. The highest BCUT2D eigenvalue weighted by Crippen LogP contribution is 2.34. The first-order valence-electron chi connectivity index (χ1n) is 11.7. The third kappa shape index (κ3) is 4.82. The number of benzene rings is 2. The fraction of sp³-hybridized carbons (Fsp3) is 0.269. The van der Waals surface area contributed by atoms with Gasteiger partial charge in [-0.05, 0) is 42.0 Å². The second kappa shape index (κ2) is 9.71. The third-order valence-electron chi connectivity index (χ3n) is 6.46. The van der Waals surface area contributed by atoms with E-state index in [2.05, 4.69) is 27.7 Å². The molecule has 1 amide bonds. The van der Waals surface area contributed by atoms with Crippen molar-refractivity contribution in [1.29, 1.82) is 0 Å². The maximum Gasteiger partial charge on any atom is 0.278 e. The fourth-order valence-electron chi connectivity index (χ4n) is 4.46. The lowest BCUT2D eigenvalue weighted by Crippen LogP contribution is -2.22. The van der Waals surface area contributed by atoms with Crippen molar-refractivity contribution >= 4 is 21.6 Å². The molecule has 0 bridgehead atoms. The van der Waals surface area contributed by atoms with Crippen LogP contribution in [-0.4, -0.2) is 47.7 Å². The average Bonchev–Trinajstić information content (AvgIpc) is 3.51. The quantitative estimate of drug-likeness (QED) is 0.410. The zero-order valence-electron chi connectivity index (χ0n) is 20.1. The van der Waals surface area contributed by atoms with E-state index in [9.17, 15) is 13.2 Å². The minimum Gasteiger partial charge on any atom is -0.360 e. The highest BCUT2D eigenvalue weighted by atomic mass is 32.2. The molecule has 1 unspecified atom stereocenters. The molecule has 0 saturated heterocycles. The van der Waals surface area contributed by atoms with Gasteiger partial charge >= 0.3 is 0 Å². The highest BCUT2D eigenvalue weighted by molar-refractivity contribution is 7.89. The Morgan fingerprint density at radius 1 is 1.14 bits per heavy atom. The molecule has 9 nitrogen and oxygen atoms in total. The Morgan fingerprint density at radius 3 is 2.61 bits per heavy atom. The van der Waals surface area contributed by atoms with Crippen molar-refractivity contribution in [3.8, 4) is 0 Å². The average molecular weight is 506 g/mol. The Morgan fingerprint density at radius 2 is 1.89 bits per heavy atom. The first kappa shape index (κ1) is 24.0. The summed E-state index contributed by atoms with van der Waals surface area (Å²) in [4.78, 5) is 13.2. The highest BCUT2D eigenvalue weighted by Gasteiger charge is 2.29. The van der Waals surface area contributed by atoms with Gasteiger partial charge in [-0.15, -0.1) is 0 Å². The number of fused-ring (bicyclic) bond motifs is 1. The number of carbonyl (C=O) groups excluding carboxylic acids is 1. The number of amides is 1. The molecule has 186 valence electrons. The predicted octanol–water partition coefficient (Wildman–Crippen LogP) is 3.69. The van der Waals surface area contributed by atoms with Crippen molar-refractivity contribution < 1.29 is 17.7 Å². The number of sulfonamides is 1. The summed E-state index contributed by atoms with van der Waals surface area (Å²) in [5.41, 5.74) is 3.86. The van der Waals surface area contributed by atoms with E-state index >= 15 is 0 Å². The summed E-state index contributed by atoms with van der Waals surface area (Å²) in [5.74, 6) is 0.778. The number of aromatic nitrogens is 3. The lowest BCUT2D eigenvalue weighted by atomic mass is 9.82. The van der Waals surface area contributed by atoms with Gasteiger partial charge in [-0.25, -0.2) is 12.7 Å². The van der Waals surface area contributed by atoms with E-state index < -0.39 is 10.0 Å². The Kier molecular flexibility index (Phi) is 6.46. The fourth-order valence-corrected chi connectivity index (χ4v) is 5.36. The van der Waals surface area contributed by atoms with Crippen molar-refractivity contribution in [3.63, 3.8) is 0 Å². The Labute approximate surface area is 209 Å². The van der Waals surface area contributed by atoms with E-state index in [1.165, 1.54) is 24.0 Å². The second-order valence-electron chi connectivity index (χ2n) is 9.10. The molecule has 2 heterocycles. The molecule has 0 saturated carbocycles. The van der Waals surface area contributed by atoms with Crippen LogP contribution < -0.4 is 5.32 Å². The van der Waals surface area contributed by atoms with E-state index in [0.717, 1.165) is 29.7 Å². The third-order valence-corrected chi connectivity index (χ3v) is 8.29. The van der Waals surface area contributed by atoms with Crippen LogP contribution in [0.25, 0.3) is 0 Å². The maximum absolute atomic E-state index is 13.0. The molecule has 36 heavy (non-hydrogen) atoms. The van der Waals surface area contributed by atoms with Crippen LogP contribution in [0.15, 0.2) is 76.4 Å². The van der Waals surface area contributed by atoms with E-state index in [1.54, 1.807) is 41.3 Å². The topological polar surface area (TPSA) is 110 Å². The standard InChI is InChI=1S/C26H27N5O4S/c1-30(2)36(33,34)22-11-8-18(9-12-22)16-31-17-21(15-27-31)28-26(32)25-23-14-20(10-13-24(23)35-29-25)19-6-4-3-5-7-19/h3-9,11-12,15,17,20H,10,13-14,16H2,1-2H3,(H,28,32). The smallest absolute Gasteiger partial charge is 0.278 e. The van der Waals surface area contributed by atoms with Gasteiger partial charge < -0.3 is 9.84 Å². The Bertz CT molecular complexity index is 1470. The Balaban J connectivity index is 1.25. The first-order valence-corrected chi connectivity index (χ1v) is 13.1. The monoisotopic (exact) mass is 505 g/mol. The molecule has 0 spiro atoms. The largest absolute Gasteiger partial charge is 0.360 e. The number of nitrogens with zero attached hydrogens (tertiary/aromatic N) is 4. The molecular weight excluding hydrogens is 478 g/mol. The van der Waals surface area contributed by atoms with Crippen molar-refractivity contribution in [2.24, 2.45) is 0 Å². The maximum atomic E-state index is 13.0. The number of hydrogen-bond donors (Lipinski definition) is 1. The van der Waals surface area contributed by atoms with Crippen LogP contribution in [0.4, 0.5) is 5.69 Å². The number of anilines is 1. The van der Waals surface area contributed by atoms with Crippen molar-refractivity contribution in [3.05, 3.63) is 95.1 Å². The Hall–Kier alpha value is -3.76. The van der Waals surface area contributed by atoms with Gasteiger partial charge in [0.1, 0.15) is 5.76 Å². The van der Waals surface area contributed by atoms with Gasteiger partial charge in [0, 0.05) is 32.3 Å². The minimum absolute atomic E-state index is 0.232. The van der Waals surface area contributed by atoms with Crippen LogP contribution in [0.1, 0.15) is 45.3 Å². The van der Waals surface area contributed by atoms with Gasteiger partial charge in [-0.3, -0.25) is 9.48 Å². The summed E-state index contributed by atoms with van der Waals surface area (Å²) in [6, 6.07) is 17.0. The van der Waals surface area contributed by atoms with Crippen LogP contribution in [0.3, 0.4) is 0 Å². The lowest BCUT2D eigenvalue weighted by molar-refractivity contribution is 0.101. The molecule has 0 fully saturated rings. The molecule has 1 atom stereocenters. The van der Waals surface area contributed by atoms with E-state index in [0.29, 0.717) is 30.3 Å². The van der Waals surface area contributed by atoms with Crippen LogP contribution >= 0.6 is 0 Å². The molecule has 1 aliphatic carbocycles. The summed E-state index contributed by atoms with van der Waals surface area (Å²) in [6.07, 6.45) is 5.72. The number of carbonyl (C=O) groups is 1. The van der Waals surface area contributed by atoms with Crippen LogP contribution in [-0.2, 0) is 29.4 Å². The molecule has 1 aliphatic rings. The molecule has 0 radical (unpaired) electrons. The molecule has 2 aromatic heterocycles. The zero-order chi connectivity index (χ0) is 25.3.